The fraction of sp³-hybridized carbons (Fsp3) is 0.200. The fourth-order valence-corrected chi connectivity index (χ4v) is 2.98. The quantitative estimate of drug-likeness (QED) is 0.358. The van der Waals surface area contributed by atoms with Crippen molar-refractivity contribution in [1.29, 1.82) is 5.26 Å². The molecule has 0 fully saturated rings. The second kappa shape index (κ2) is 8.04. The Morgan fingerprint density at radius 1 is 1.36 bits per heavy atom. The summed E-state index contributed by atoms with van der Waals surface area (Å²) in [5, 5.41) is 8.71. The van der Waals surface area contributed by atoms with Crippen molar-refractivity contribution < 1.29 is 26.0 Å². The Bertz CT molecular complexity index is 835. The molecule has 0 aliphatic heterocycles. The van der Waals surface area contributed by atoms with E-state index in [0.29, 0.717) is 6.20 Å². The lowest BCUT2D eigenvalue weighted by Gasteiger charge is -2.22. The van der Waals surface area contributed by atoms with E-state index in [1.165, 1.54) is 11.6 Å². The fourth-order valence-electron chi connectivity index (χ4n) is 1.72. The van der Waals surface area contributed by atoms with Gasteiger partial charge in [-0.25, -0.2) is 12.8 Å². The third-order valence-corrected chi connectivity index (χ3v) is 4.26. The van der Waals surface area contributed by atoms with Gasteiger partial charge in [0.15, 0.2) is 0 Å². The minimum atomic E-state index is -4.98. The van der Waals surface area contributed by atoms with Crippen molar-refractivity contribution in [3.8, 4) is 6.07 Å². The number of nitriles is 1. The Balaban J connectivity index is 3.35. The Hall–Kier alpha value is -2.51. The maximum Gasteiger partial charge on any atom is 0.408 e. The van der Waals surface area contributed by atoms with Gasteiger partial charge in [-0.3, -0.25) is 4.99 Å². The summed E-state index contributed by atoms with van der Waals surface area (Å²) in [5.41, 5.74) is -0.560. The number of sulfonamides is 1. The second-order valence-corrected chi connectivity index (χ2v) is 6.51. The number of hydrogen-bond acceptors (Lipinski definition) is 4. The third-order valence-electron chi connectivity index (χ3n) is 2.87. The van der Waals surface area contributed by atoms with Crippen molar-refractivity contribution in [2.45, 2.75) is 19.1 Å². The van der Waals surface area contributed by atoms with Crippen LogP contribution in [0.15, 0.2) is 52.0 Å². The Labute approximate surface area is 142 Å². The van der Waals surface area contributed by atoms with E-state index in [2.05, 4.69) is 11.7 Å². The molecule has 1 rings (SSSR count). The maximum absolute atomic E-state index is 13.3. The predicted molar refractivity (Wildman–Crippen MR) is 84.3 cm³/mol. The SMILES string of the molecule is C=N/C=C(\C=C(/C)C#N)S(=O)(=O)NC(c1ccc(F)cc1)C(F)(F)F. The Morgan fingerprint density at radius 3 is 2.36 bits per heavy atom. The van der Waals surface area contributed by atoms with E-state index in [4.69, 9.17) is 5.26 Å². The highest BCUT2D eigenvalue weighted by Crippen LogP contribution is 2.34. The molecule has 134 valence electrons. The summed E-state index contributed by atoms with van der Waals surface area (Å²) in [4.78, 5) is 2.56. The van der Waals surface area contributed by atoms with Crippen molar-refractivity contribution in [2.75, 3.05) is 0 Å². The van der Waals surface area contributed by atoms with Crippen LogP contribution in [0.4, 0.5) is 17.6 Å². The first-order chi connectivity index (χ1) is 11.5. The summed E-state index contributed by atoms with van der Waals surface area (Å²) >= 11 is 0. The number of halogens is 4. The molecule has 25 heavy (non-hydrogen) atoms. The normalized spacial score (nSPS) is 14.7. The molecule has 0 aliphatic carbocycles. The summed E-state index contributed by atoms with van der Waals surface area (Å²) < 4.78 is 78.8. The smallest absolute Gasteiger partial charge is 0.271 e. The number of rotatable bonds is 6. The molecule has 0 bridgehead atoms. The number of benzene rings is 1. The molecule has 0 aliphatic rings. The highest BCUT2D eigenvalue weighted by Gasteiger charge is 2.43. The third kappa shape index (κ3) is 5.81. The molecule has 1 N–H and O–H groups in total. The highest BCUT2D eigenvalue weighted by molar-refractivity contribution is 7.93. The molecule has 0 aromatic heterocycles. The van der Waals surface area contributed by atoms with Crippen LogP contribution in [-0.4, -0.2) is 21.3 Å². The van der Waals surface area contributed by atoms with Gasteiger partial charge in [0.05, 0.1) is 6.07 Å². The molecule has 0 radical (unpaired) electrons. The molecule has 10 heteroatoms. The zero-order chi connectivity index (χ0) is 19.3. The summed E-state index contributed by atoms with van der Waals surface area (Å²) in [6, 6.07) is 2.25. The van der Waals surface area contributed by atoms with Gasteiger partial charge in [0.1, 0.15) is 16.8 Å². The summed E-state index contributed by atoms with van der Waals surface area (Å²) in [6.07, 6.45) is -3.41. The minimum absolute atomic E-state index is 0.0642. The monoisotopic (exact) mass is 375 g/mol. The van der Waals surface area contributed by atoms with Crippen LogP contribution >= 0.6 is 0 Å². The van der Waals surface area contributed by atoms with Gasteiger partial charge in [0.25, 0.3) is 0 Å². The molecule has 1 aromatic carbocycles. The minimum Gasteiger partial charge on any atom is -0.271 e. The molecule has 1 atom stereocenters. The second-order valence-electron chi connectivity index (χ2n) is 4.80. The number of nitrogens with zero attached hydrogens (tertiary/aromatic N) is 2. The van der Waals surface area contributed by atoms with Crippen LogP contribution in [-0.2, 0) is 10.0 Å². The lowest BCUT2D eigenvalue weighted by atomic mass is 10.1. The zero-order valence-electron chi connectivity index (χ0n) is 12.9. The van der Waals surface area contributed by atoms with Crippen molar-refractivity contribution >= 4 is 16.7 Å². The van der Waals surface area contributed by atoms with Gasteiger partial charge in [-0.15, -0.1) is 0 Å². The number of alkyl halides is 3. The lowest BCUT2D eigenvalue weighted by molar-refractivity contribution is -0.153. The van der Waals surface area contributed by atoms with Gasteiger partial charge < -0.3 is 0 Å². The standard InChI is InChI=1S/C15H13F4N3O2S/c1-10(8-20)7-13(9-21-2)25(23,24)22-14(15(17,18)19)11-3-5-12(16)6-4-11/h3-7,9,14,22H,2H2,1H3/b10-7+,13-9+. The molecule has 0 spiro atoms. The van der Waals surface area contributed by atoms with Gasteiger partial charge in [0, 0.05) is 11.8 Å². The summed E-state index contributed by atoms with van der Waals surface area (Å²) in [6.45, 7) is 4.32. The van der Waals surface area contributed by atoms with E-state index < -0.39 is 38.5 Å². The largest absolute Gasteiger partial charge is 0.408 e. The number of aliphatic imine (C=N–C) groups is 1. The first kappa shape index (κ1) is 20.5. The molecular formula is C15H13F4N3O2S. The lowest BCUT2D eigenvalue weighted by Crippen LogP contribution is -2.38. The molecule has 0 heterocycles. The van der Waals surface area contributed by atoms with Crippen LogP contribution in [0.3, 0.4) is 0 Å². The van der Waals surface area contributed by atoms with Crippen LogP contribution in [0.2, 0.25) is 0 Å². The first-order valence-electron chi connectivity index (χ1n) is 6.60. The predicted octanol–water partition coefficient (Wildman–Crippen LogP) is 3.36. The average Bonchev–Trinajstić information content (AvgIpc) is 2.52. The number of hydrogen-bond donors (Lipinski definition) is 1. The van der Waals surface area contributed by atoms with Gasteiger partial charge >= 0.3 is 6.18 Å². The van der Waals surface area contributed by atoms with Crippen LogP contribution < -0.4 is 4.72 Å². The van der Waals surface area contributed by atoms with E-state index in [0.717, 1.165) is 30.3 Å². The zero-order valence-corrected chi connectivity index (χ0v) is 13.7. The number of nitrogens with one attached hydrogen (secondary N) is 1. The first-order valence-corrected chi connectivity index (χ1v) is 8.08. The van der Waals surface area contributed by atoms with Gasteiger partial charge in [0.2, 0.25) is 10.0 Å². The van der Waals surface area contributed by atoms with Gasteiger partial charge in [-0.2, -0.15) is 23.2 Å². The molecule has 0 saturated heterocycles. The Morgan fingerprint density at radius 2 is 1.92 bits per heavy atom. The topological polar surface area (TPSA) is 82.3 Å². The maximum atomic E-state index is 13.3. The Kier molecular flexibility index (Phi) is 6.61. The molecule has 5 nitrogen and oxygen atoms in total. The van der Waals surface area contributed by atoms with Crippen LogP contribution in [0.1, 0.15) is 18.5 Å². The van der Waals surface area contributed by atoms with E-state index >= 15 is 0 Å². The van der Waals surface area contributed by atoms with Gasteiger partial charge in [-0.05, 0) is 37.4 Å². The summed E-state index contributed by atoms with van der Waals surface area (Å²) in [7, 11) is -4.69. The molecule has 1 unspecified atom stereocenters. The molecular weight excluding hydrogens is 362 g/mol. The molecule has 1 aromatic rings. The highest BCUT2D eigenvalue weighted by atomic mass is 32.2. The average molecular weight is 375 g/mol. The van der Waals surface area contributed by atoms with E-state index in [1.54, 1.807) is 6.07 Å². The van der Waals surface area contributed by atoms with Gasteiger partial charge in [-0.1, -0.05) is 12.1 Å². The van der Waals surface area contributed by atoms with E-state index in [-0.39, 0.29) is 5.57 Å². The van der Waals surface area contributed by atoms with E-state index in [1.807, 2.05) is 0 Å². The molecule has 0 amide bonds. The van der Waals surface area contributed by atoms with Crippen LogP contribution in [0.25, 0.3) is 0 Å². The van der Waals surface area contributed by atoms with Crippen molar-refractivity contribution in [2.24, 2.45) is 4.99 Å². The van der Waals surface area contributed by atoms with Crippen molar-refractivity contribution in [3.63, 3.8) is 0 Å². The van der Waals surface area contributed by atoms with Crippen LogP contribution in [0.5, 0.6) is 0 Å². The van der Waals surface area contributed by atoms with E-state index in [9.17, 15) is 26.0 Å². The molecule has 0 saturated carbocycles. The van der Waals surface area contributed by atoms with Crippen LogP contribution in [0, 0.1) is 17.1 Å². The van der Waals surface area contributed by atoms with Crippen molar-refractivity contribution in [3.05, 3.63) is 58.4 Å². The van der Waals surface area contributed by atoms with Crippen molar-refractivity contribution in [1.82, 2.24) is 4.72 Å². The summed E-state index contributed by atoms with van der Waals surface area (Å²) in [5.74, 6) is -0.767. The number of allylic oxidation sites excluding steroid dienone is 2.